The fourth-order valence-corrected chi connectivity index (χ4v) is 10.3. The quantitative estimate of drug-likeness (QED) is 0.125. The second-order valence-corrected chi connectivity index (χ2v) is 20.6. The van der Waals surface area contributed by atoms with Crippen molar-refractivity contribution in [2.75, 3.05) is 70.3 Å². The summed E-state index contributed by atoms with van der Waals surface area (Å²) in [6.07, 6.45) is 2.32. The van der Waals surface area contributed by atoms with E-state index >= 15 is 0 Å². The Labute approximate surface area is 434 Å². The average molecular weight is 1090 g/mol. The Hall–Kier alpha value is -5.12. The normalized spacial score (nSPS) is 21.6. The maximum atomic E-state index is 13.0. The molecule has 0 unspecified atom stereocenters. The molecule has 6 heterocycles. The average Bonchev–Trinajstić information content (AvgIpc) is 3.35. The van der Waals surface area contributed by atoms with Gasteiger partial charge in [-0.3, -0.25) is 9.80 Å². The van der Waals surface area contributed by atoms with Crippen LogP contribution in [0, 0.1) is 11.8 Å². The van der Waals surface area contributed by atoms with Gasteiger partial charge in [0.25, 0.3) is 0 Å². The first-order chi connectivity index (χ1) is 34.8. The monoisotopic (exact) mass is 1090 g/mol. The first-order valence-electron chi connectivity index (χ1n) is 25.4. The number of nitrogens with one attached hydrogen (secondary N) is 3. The van der Waals surface area contributed by atoms with Crippen LogP contribution in [0.3, 0.4) is 0 Å². The van der Waals surface area contributed by atoms with Gasteiger partial charge in [0.2, 0.25) is 11.6 Å². The number of piperazine rings is 2. The van der Waals surface area contributed by atoms with Gasteiger partial charge in [-0.2, -0.15) is 26.3 Å². The zero-order valence-corrected chi connectivity index (χ0v) is 43.8. The third-order valence-electron chi connectivity index (χ3n) is 13.9. The van der Waals surface area contributed by atoms with Crippen LogP contribution in [0.15, 0.2) is 89.9 Å². The van der Waals surface area contributed by atoms with Crippen LogP contribution < -0.4 is 20.9 Å². The number of rotatable bonds is 11. The van der Waals surface area contributed by atoms with E-state index in [4.69, 9.17) is 0 Å². The van der Waals surface area contributed by atoms with Crippen molar-refractivity contribution in [1.82, 2.24) is 55.5 Å². The molecule has 4 aliphatic heterocycles. The molecule has 3 N–H and O–H groups in total. The van der Waals surface area contributed by atoms with E-state index < -0.39 is 24.0 Å². The number of halogens is 7. The summed E-state index contributed by atoms with van der Waals surface area (Å²) >= 11 is 2.92. The van der Waals surface area contributed by atoms with Crippen LogP contribution in [0.1, 0.15) is 89.0 Å². The number of hydrogen-bond donors (Lipinski definition) is 3. The molecule has 4 amide bonds. The molecule has 0 bridgehead atoms. The van der Waals surface area contributed by atoms with Gasteiger partial charge in [-0.25, -0.2) is 29.5 Å². The minimum atomic E-state index is -4.56. The molecule has 4 saturated heterocycles. The van der Waals surface area contributed by atoms with Crippen molar-refractivity contribution in [3.8, 4) is 0 Å². The molecule has 14 nitrogen and oxygen atoms in total. The minimum Gasteiger partial charge on any atom is -0.365 e. The van der Waals surface area contributed by atoms with E-state index in [1.165, 1.54) is 49.5 Å². The molecular formula is C52H71BrF6N12O2. The number of nitrogens with zero attached hydrogens (tertiary/aromatic N) is 9. The number of hydrogen-bond acceptors (Lipinski definition) is 10. The third-order valence-corrected chi connectivity index (χ3v) is 14.3. The lowest BCUT2D eigenvalue weighted by Crippen LogP contribution is -2.61. The molecule has 4 atom stereocenters. The number of amides is 4. The van der Waals surface area contributed by atoms with Crippen molar-refractivity contribution < 1.29 is 35.9 Å². The van der Waals surface area contributed by atoms with Gasteiger partial charge in [-0.1, -0.05) is 60.7 Å². The number of carbonyl (C=O) groups excluding carboxylic acids is 2. The molecule has 400 valence electrons. The molecule has 4 fully saturated rings. The molecule has 0 saturated carbocycles. The number of aromatic nitrogens is 4. The molecule has 0 aliphatic carbocycles. The number of alkyl halides is 6. The Morgan fingerprint density at radius 3 is 1.34 bits per heavy atom. The van der Waals surface area contributed by atoms with Crippen molar-refractivity contribution in [3.05, 3.63) is 113 Å². The smallest absolute Gasteiger partial charge is 0.365 e. The van der Waals surface area contributed by atoms with Crippen LogP contribution in [0.25, 0.3) is 0 Å². The van der Waals surface area contributed by atoms with Gasteiger partial charge < -0.3 is 30.7 Å². The highest BCUT2D eigenvalue weighted by molar-refractivity contribution is 9.10. The van der Waals surface area contributed by atoms with Crippen molar-refractivity contribution in [2.24, 2.45) is 11.8 Å². The second kappa shape index (κ2) is 27.4. The first kappa shape index (κ1) is 57.2. The molecule has 2 aromatic heterocycles. The van der Waals surface area contributed by atoms with E-state index in [9.17, 15) is 35.9 Å². The Kier molecular flexibility index (Phi) is 21.5. The minimum absolute atomic E-state index is 0.0835. The SMILES string of the molecule is C[C@@H]1CN(c2cnc(C(F)(F)F)nc2)C[C@H](C)N1C(=O)NCCC1CCN(Cc2ccccc2)CC1.C[C@@H]1CNC[C@H](C)N1C(=O)NCCC1CCN(Cc2ccccc2)CC1.FC(F)(F)c1ncc(Br)cn1. The molecule has 0 radical (unpaired) electrons. The molecule has 8 rings (SSSR count). The standard InChI is InChI=1S/C26H35F3N6O.C21H34N4O.C5H2BrF3N2/c1-19-16-34(23-14-31-24(32-15-23)26(27,28)29)17-20(2)35(19)25(36)30-11-8-21-9-12-33(13-10-21)18-22-6-4-3-5-7-22;1-17-14-22-15-18(2)25(17)21(26)23-11-8-19-9-12-24(13-10-19)16-20-6-4-3-5-7-20;6-3-1-10-4(11-2-3)5(7,8)9/h3-7,14-15,19-21H,8-13,16-18H2,1-2H3,(H,30,36);3-7,17-19,22H,8-16H2,1-2H3,(H,23,26);1-2H/t19-,20+;17-,18+;. The van der Waals surface area contributed by atoms with Gasteiger partial charge in [0.1, 0.15) is 0 Å². The number of carbonyl (C=O) groups is 2. The molecule has 21 heteroatoms. The van der Waals surface area contributed by atoms with E-state index in [-0.39, 0.29) is 36.2 Å². The number of anilines is 1. The molecule has 0 spiro atoms. The summed E-state index contributed by atoms with van der Waals surface area (Å²) in [5.41, 5.74) is 3.27. The molecule has 4 aromatic rings. The van der Waals surface area contributed by atoms with Gasteiger partial charge in [-0.15, -0.1) is 0 Å². The lowest BCUT2D eigenvalue weighted by molar-refractivity contribution is -0.145. The summed E-state index contributed by atoms with van der Waals surface area (Å²) in [7, 11) is 0. The number of urea groups is 2. The highest BCUT2D eigenvalue weighted by Crippen LogP contribution is 2.29. The number of likely N-dealkylation sites (tertiary alicyclic amines) is 2. The fourth-order valence-electron chi connectivity index (χ4n) is 10.1. The zero-order valence-electron chi connectivity index (χ0n) is 42.3. The Bertz CT molecular complexity index is 2230. The van der Waals surface area contributed by atoms with E-state index in [0.29, 0.717) is 35.7 Å². The Balaban J connectivity index is 0.000000204. The lowest BCUT2D eigenvalue weighted by Gasteiger charge is -2.45. The van der Waals surface area contributed by atoms with Gasteiger partial charge in [0.05, 0.1) is 22.6 Å². The zero-order chi connectivity index (χ0) is 52.5. The fraction of sp³-hybridized carbons (Fsp3) is 0.577. The summed E-state index contributed by atoms with van der Waals surface area (Å²) in [6, 6.07) is 21.6. The Morgan fingerprint density at radius 2 is 0.959 bits per heavy atom. The van der Waals surface area contributed by atoms with Gasteiger partial charge in [0, 0.05) is 88.9 Å². The van der Waals surface area contributed by atoms with Crippen molar-refractivity contribution >= 4 is 33.7 Å². The summed E-state index contributed by atoms with van der Waals surface area (Å²) in [5, 5.41) is 9.62. The van der Waals surface area contributed by atoms with E-state index in [0.717, 1.165) is 89.8 Å². The largest absolute Gasteiger partial charge is 0.451 e. The number of piperidine rings is 2. The van der Waals surface area contributed by atoms with Gasteiger partial charge in [-0.05, 0) is 131 Å². The van der Waals surface area contributed by atoms with Crippen LogP contribution in [0.4, 0.5) is 41.6 Å². The lowest BCUT2D eigenvalue weighted by atomic mass is 9.93. The van der Waals surface area contributed by atoms with Crippen molar-refractivity contribution in [2.45, 2.75) is 116 Å². The summed E-state index contributed by atoms with van der Waals surface area (Å²) < 4.78 is 74.0. The van der Waals surface area contributed by atoms with Crippen molar-refractivity contribution in [3.63, 3.8) is 0 Å². The van der Waals surface area contributed by atoms with E-state index in [2.05, 4.69) is 130 Å². The van der Waals surface area contributed by atoms with Crippen LogP contribution in [0.2, 0.25) is 0 Å². The molecular weight excluding hydrogens is 1020 g/mol. The summed E-state index contributed by atoms with van der Waals surface area (Å²) in [6.45, 7) is 18.9. The molecule has 4 aliphatic rings. The van der Waals surface area contributed by atoms with E-state index in [1.807, 2.05) is 34.6 Å². The van der Waals surface area contributed by atoms with Crippen LogP contribution in [0.5, 0.6) is 0 Å². The third kappa shape index (κ3) is 18.1. The predicted molar refractivity (Wildman–Crippen MR) is 273 cm³/mol. The van der Waals surface area contributed by atoms with Gasteiger partial charge >= 0.3 is 24.4 Å². The van der Waals surface area contributed by atoms with Crippen LogP contribution >= 0.6 is 15.9 Å². The molecule has 2 aromatic carbocycles. The van der Waals surface area contributed by atoms with Crippen molar-refractivity contribution in [1.29, 1.82) is 0 Å². The highest BCUT2D eigenvalue weighted by atomic mass is 79.9. The van der Waals surface area contributed by atoms with Crippen LogP contribution in [-0.4, -0.2) is 141 Å². The second-order valence-electron chi connectivity index (χ2n) is 19.7. The Morgan fingerprint density at radius 1 is 0.589 bits per heavy atom. The topological polar surface area (TPSA) is 138 Å². The maximum Gasteiger partial charge on any atom is 0.451 e. The first-order valence-corrected chi connectivity index (χ1v) is 26.2. The van der Waals surface area contributed by atoms with E-state index in [1.54, 1.807) is 0 Å². The van der Waals surface area contributed by atoms with Gasteiger partial charge in [0.15, 0.2) is 0 Å². The summed E-state index contributed by atoms with van der Waals surface area (Å²) in [5.74, 6) is -0.920. The number of benzene rings is 2. The van der Waals surface area contributed by atoms with Crippen LogP contribution in [-0.2, 0) is 25.4 Å². The maximum absolute atomic E-state index is 13.0. The summed E-state index contributed by atoms with van der Waals surface area (Å²) in [4.78, 5) is 49.3. The predicted octanol–water partition coefficient (Wildman–Crippen LogP) is 9.34. The highest BCUT2D eigenvalue weighted by Gasteiger charge is 2.37. The molecule has 73 heavy (non-hydrogen) atoms.